The fraction of sp³-hybridized carbons (Fsp3) is 0.364. The highest BCUT2D eigenvalue weighted by Crippen LogP contribution is 2.28. The van der Waals surface area contributed by atoms with Gasteiger partial charge in [0.15, 0.2) is 5.54 Å². The number of halogens is 1. The lowest BCUT2D eigenvalue weighted by molar-refractivity contribution is 0.642. The van der Waals surface area contributed by atoms with Crippen LogP contribution in [-0.2, 0) is 0 Å². The van der Waals surface area contributed by atoms with Crippen molar-refractivity contribution in [3.05, 3.63) is 34.2 Å². The molecule has 1 unspecified atom stereocenters. The molecule has 0 radical (unpaired) electrons. The Bertz CT molecular complexity index is 443. The maximum atomic E-state index is 10.8. The van der Waals surface area contributed by atoms with Crippen LogP contribution in [0, 0.1) is 4.91 Å². The maximum Gasteiger partial charge on any atom is 0.158 e. The Morgan fingerprint density at radius 1 is 1.44 bits per heavy atom. The summed E-state index contributed by atoms with van der Waals surface area (Å²) < 4.78 is 0. The molecule has 2 rings (SSSR count). The summed E-state index contributed by atoms with van der Waals surface area (Å²) in [5, 5.41) is 9.92. The van der Waals surface area contributed by atoms with Crippen LogP contribution in [0.15, 0.2) is 34.5 Å². The van der Waals surface area contributed by atoms with E-state index in [-0.39, 0.29) is 0 Å². The zero-order chi connectivity index (χ0) is 11.8. The van der Waals surface area contributed by atoms with Crippen molar-refractivity contribution in [1.29, 1.82) is 0 Å². The van der Waals surface area contributed by atoms with E-state index in [1.54, 1.807) is 24.1 Å². The van der Waals surface area contributed by atoms with Gasteiger partial charge in [0.1, 0.15) is 0 Å². The zero-order valence-corrected chi connectivity index (χ0v) is 9.90. The first-order valence-electron chi connectivity index (χ1n) is 4.98. The zero-order valence-electron chi connectivity index (χ0n) is 9.14. The molecule has 1 aliphatic rings. The molecule has 0 aliphatic carbocycles. The van der Waals surface area contributed by atoms with Crippen molar-refractivity contribution >= 4 is 23.0 Å². The highest BCUT2D eigenvalue weighted by Gasteiger charge is 2.37. The van der Waals surface area contributed by atoms with Gasteiger partial charge in [-0.15, -0.1) is 4.91 Å². The Kier molecular flexibility index (Phi) is 2.68. The second-order valence-corrected chi connectivity index (χ2v) is 4.52. The Balaban J connectivity index is 2.27. The van der Waals surface area contributed by atoms with E-state index in [4.69, 9.17) is 11.6 Å². The number of nitroso groups, excluding NO2 is 1. The van der Waals surface area contributed by atoms with E-state index in [9.17, 15) is 4.91 Å². The molecule has 1 aliphatic heterocycles. The van der Waals surface area contributed by atoms with Gasteiger partial charge < -0.3 is 0 Å². The van der Waals surface area contributed by atoms with Crippen LogP contribution in [0.3, 0.4) is 0 Å². The van der Waals surface area contributed by atoms with E-state index in [2.05, 4.69) is 10.3 Å². The van der Waals surface area contributed by atoms with Gasteiger partial charge in [0, 0.05) is 5.02 Å². The van der Waals surface area contributed by atoms with Crippen molar-refractivity contribution in [2.24, 2.45) is 10.3 Å². The van der Waals surface area contributed by atoms with Crippen LogP contribution >= 0.6 is 11.6 Å². The summed E-state index contributed by atoms with van der Waals surface area (Å²) in [7, 11) is 0. The molecule has 5 heteroatoms. The number of anilines is 1. The summed E-state index contributed by atoms with van der Waals surface area (Å²) in [5.41, 5.74) is 0.924. The van der Waals surface area contributed by atoms with Crippen molar-refractivity contribution in [2.45, 2.75) is 19.4 Å². The van der Waals surface area contributed by atoms with Gasteiger partial charge in [-0.1, -0.05) is 16.8 Å². The largest absolute Gasteiger partial charge is 0.263 e. The molecule has 1 aromatic rings. The van der Waals surface area contributed by atoms with Crippen LogP contribution < -0.4 is 5.01 Å². The maximum absolute atomic E-state index is 10.8. The average molecular weight is 238 g/mol. The molecule has 0 N–H and O–H groups in total. The van der Waals surface area contributed by atoms with Gasteiger partial charge in [0.2, 0.25) is 0 Å². The van der Waals surface area contributed by atoms with Crippen LogP contribution in [0.5, 0.6) is 0 Å². The van der Waals surface area contributed by atoms with Gasteiger partial charge in [-0.2, -0.15) is 5.10 Å². The number of hydrogen-bond donors (Lipinski definition) is 0. The molecule has 0 bridgehead atoms. The van der Waals surface area contributed by atoms with E-state index in [1.165, 1.54) is 0 Å². The molecule has 1 atom stereocenters. The highest BCUT2D eigenvalue weighted by molar-refractivity contribution is 6.30. The first-order valence-corrected chi connectivity index (χ1v) is 5.36. The molecular formula is C11H12ClN3O. The fourth-order valence-corrected chi connectivity index (χ4v) is 1.71. The molecule has 1 heterocycles. The Labute approximate surface area is 98.9 Å². The predicted molar refractivity (Wildman–Crippen MR) is 66.1 cm³/mol. The van der Waals surface area contributed by atoms with Gasteiger partial charge in [0.25, 0.3) is 0 Å². The Morgan fingerprint density at radius 2 is 2.06 bits per heavy atom. The normalized spacial score (nSPS) is 24.4. The van der Waals surface area contributed by atoms with Gasteiger partial charge in [-0.25, -0.2) is 0 Å². The van der Waals surface area contributed by atoms with Crippen LogP contribution in [0.25, 0.3) is 0 Å². The molecule has 16 heavy (non-hydrogen) atoms. The molecule has 0 amide bonds. The van der Waals surface area contributed by atoms with E-state index < -0.39 is 5.54 Å². The molecule has 1 aromatic carbocycles. The minimum Gasteiger partial charge on any atom is -0.263 e. The molecule has 0 aromatic heterocycles. The van der Waals surface area contributed by atoms with Gasteiger partial charge in [-0.05, 0) is 38.1 Å². The number of rotatable bonds is 2. The van der Waals surface area contributed by atoms with E-state index >= 15 is 0 Å². The van der Waals surface area contributed by atoms with Crippen molar-refractivity contribution in [3.8, 4) is 0 Å². The number of hydrazone groups is 1. The number of hydrogen-bond acceptors (Lipinski definition) is 4. The van der Waals surface area contributed by atoms with Gasteiger partial charge >= 0.3 is 0 Å². The van der Waals surface area contributed by atoms with Crippen LogP contribution in [0.4, 0.5) is 5.69 Å². The van der Waals surface area contributed by atoms with Crippen molar-refractivity contribution in [3.63, 3.8) is 0 Å². The van der Waals surface area contributed by atoms with Gasteiger partial charge in [-0.3, -0.25) is 5.01 Å². The first kappa shape index (κ1) is 11.1. The summed E-state index contributed by atoms with van der Waals surface area (Å²) >= 11 is 5.81. The molecular weight excluding hydrogens is 226 g/mol. The molecule has 0 fully saturated rings. The molecule has 4 nitrogen and oxygen atoms in total. The van der Waals surface area contributed by atoms with Crippen LogP contribution in [0.1, 0.15) is 13.8 Å². The second kappa shape index (κ2) is 3.87. The lowest BCUT2D eigenvalue weighted by Crippen LogP contribution is -2.34. The predicted octanol–water partition coefficient (Wildman–Crippen LogP) is 3.06. The van der Waals surface area contributed by atoms with E-state index in [0.29, 0.717) is 11.6 Å². The molecule has 0 saturated carbocycles. The van der Waals surface area contributed by atoms with Gasteiger partial charge in [0.05, 0.1) is 17.9 Å². The average Bonchev–Trinajstić information content (AvgIpc) is 2.57. The molecule has 0 spiro atoms. The van der Waals surface area contributed by atoms with Crippen molar-refractivity contribution in [1.82, 2.24) is 0 Å². The summed E-state index contributed by atoms with van der Waals surface area (Å²) in [4.78, 5) is 10.8. The lowest BCUT2D eigenvalue weighted by atomic mass is 9.99. The number of nitrogens with zero attached hydrogens (tertiary/aromatic N) is 3. The Morgan fingerprint density at radius 3 is 2.56 bits per heavy atom. The highest BCUT2D eigenvalue weighted by atomic mass is 35.5. The molecule has 0 saturated heterocycles. The number of benzene rings is 1. The first-order chi connectivity index (χ1) is 7.55. The van der Waals surface area contributed by atoms with Crippen molar-refractivity contribution < 1.29 is 0 Å². The van der Waals surface area contributed by atoms with E-state index in [0.717, 1.165) is 11.4 Å². The topological polar surface area (TPSA) is 45.0 Å². The third kappa shape index (κ3) is 1.80. The minimum atomic E-state index is -0.723. The van der Waals surface area contributed by atoms with Crippen LogP contribution in [-0.4, -0.2) is 17.8 Å². The summed E-state index contributed by atoms with van der Waals surface area (Å²) in [5.74, 6) is 0. The van der Waals surface area contributed by atoms with Crippen molar-refractivity contribution in [2.75, 3.05) is 11.6 Å². The minimum absolute atomic E-state index is 0.476. The summed E-state index contributed by atoms with van der Waals surface area (Å²) in [6.45, 7) is 4.08. The fourth-order valence-electron chi connectivity index (χ4n) is 1.59. The third-order valence-electron chi connectivity index (χ3n) is 2.83. The molecule has 84 valence electrons. The monoisotopic (exact) mass is 237 g/mol. The smallest absolute Gasteiger partial charge is 0.158 e. The summed E-state index contributed by atoms with van der Waals surface area (Å²) in [6.07, 6.45) is 0. The lowest BCUT2D eigenvalue weighted by Gasteiger charge is -2.18. The van der Waals surface area contributed by atoms with E-state index in [1.807, 2.05) is 19.1 Å². The summed E-state index contributed by atoms with van der Waals surface area (Å²) in [6, 6.07) is 7.34. The van der Waals surface area contributed by atoms with Crippen LogP contribution in [0.2, 0.25) is 5.02 Å². The SMILES string of the molecule is CC1=NN(c2ccc(Cl)cc2)CC1(C)N=O. The third-order valence-corrected chi connectivity index (χ3v) is 3.09. The quantitative estimate of drug-likeness (QED) is 0.742. The second-order valence-electron chi connectivity index (χ2n) is 4.08. The standard InChI is InChI=1S/C11H12ClN3O/c1-8-11(2,14-16)7-15(13-8)10-5-3-9(12)4-6-10/h3-6H,7H2,1-2H3. The Hall–Kier alpha value is -1.42.